The summed E-state index contributed by atoms with van der Waals surface area (Å²) in [7, 11) is 0. The zero-order valence-corrected chi connectivity index (χ0v) is 10.8. The Morgan fingerprint density at radius 2 is 2.16 bits per heavy atom. The van der Waals surface area contributed by atoms with Crippen molar-refractivity contribution in [2.24, 2.45) is 11.7 Å². The number of aromatic carboxylic acids is 1. The SMILES string of the molecule is Cc1cc(C(=O)O)ccc1NC(=O)CC(N)C1CC1. The molecule has 0 aromatic heterocycles. The fourth-order valence-corrected chi connectivity index (χ4v) is 2.04. The van der Waals surface area contributed by atoms with Gasteiger partial charge in [0, 0.05) is 18.2 Å². The van der Waals surface area contributed by atoms with Gasteiger partial charge in [0.2, 0.25) is 5.91 Å². The molecule has 0 spiro atoms. The molecule has 1 fully saturated rings. The van der Waals surface area contributed by atoms with Gasteiger partial charge in [0.1, 0.15) is 0 Å². The molecule has 102 valence electrons. The highest BCUT2D eigenvalue weighted by molar-refractivity contribution is 5.93. The molecule has 1 unspecified atom stereocenters. The topological polar surface area (TPSA) is 92.4 Å². The van der Waals surface area contributed by atoms with Crippen LogP contribution in [0.3, 0.4) is 0 Å². The van der Waals surface area contributed by atoms with E-state index in [4.69, 9.17) is 10.8 Å². The highest BCUT2D eigenvalue weighted by Gasteiger charge is 2.29. The van der Waals surface area contributed by atoms with E-state index in [2.05, 4.69) is 5.32 Å². The lowest BCUT2D eigenvalue weighted by molar-refractivity contribution is -0.116. The second-order valence-electron chi connectivity index (χ2n) is 5.09. The van der Waals surface area contributed by atoms with Gasteiger partial charge in [-0.2, -0.15) is 0 Å². The Labute approximate surface area is 111 Å². The summed E-state index contributed by atoms with van der Waals surface area (Å²) in [5.74, 6) is -0.608. The minimum Gasteiger partial charge on any atom is -0.478 e. The van der Waals surface area contributed by atoms with Crippen LogP contribution in [0.2, 0.25) is 0 Å². The Balaban J connectivity index is 1.98. The van der Waals surface area contributed by atoms with E-state index in [1.165, 1.54) is 6.07 Å². The van der Waals surface area contributed by atoms with Crippen LogP contribution in [-0.2, 0) is 4.79 Å². The van der Waals surface area contributed by atoms with Crippen molar-refractivity contribution in [1.29, 1.82) is 0 Å². The summed E-state index contributed by atoms with van der Waals surface area (Å²) in [6.45, 7) is 1.77. The molecule has 1 saturated carbocycles. The van der Waals surface area contributed by atoms with Crippen molar-refractivity contribution in [3.8, 4) is 0 Å². The van der Waals surface area contributed by atoms with Gasteiger partial charge in [0.25, 0.3) is 0 Å². The Morgan fingerprint density at radius 1 is 1.47 bits per heavy atom. The molecule has 1 aromatic rings. The van der Waals surface area contributed by atoms with Gasteiger partial charge in [-0.1, -0.05) is 0 Å². The number of carbonyl (C=O) groups excluding carboxylic acids is 1. The predicted molar refractivity (Wildman–Crippen MR) is 72.1 cm³/mol. The van der Waals surface area contributed by atoms with Crippen LogP contribution in [0.1, 0.15) is 35.2 Å². The number of carboxylic acid groups (broad SMARTS) is 1. The lowest BCUT2D eigenvalue weighted by Gasteiger charge is -2.12. The zero-order chi connectivity index (χ0) is 14.0. The van der Waals surface area contributed by atoms with Crippen LogP contribution in [0.15, 0.2) is 18.2 Å². The Kier molecular flexibility index (Phi) is 3.85. The molecular weight excluding hydrogens is 244 g/mol. The maximum Gasteiger partial charge on any atom is 0.335 e. The van der Waals surface area contributed by atoms with Gasteiger partial charge in [0.15, 0.2) is 0 Å². The van der Waals surface area contributed by atoms with Crippen molar-refractivity contribution < 1.29 is 14.7 Å². The molecule has 5 heteroatoms. The first-order chi connectivity index (χ1) is 8.97. The third-order valence-electron chi connectivity index (χ3n) is 3.40. The first-order valence-corrected chi connectivity index (χ1v) is 6.36. The summed E-state index contributed by atoms with van der Waals surface area (Å²) < 4.78 is 0. The molecule has 1 amide bonds. The van der Waals surface area contributed by atoms with Gasteiger partial charge in [-0.25, -0.2) is 4.79 Å². The van der Waals surface area contributed by atoms with Gasteiger partial charge < -0.3 is 16.2 Å². The molecule has 4 N–H and O–H groups in total. The number of amides is 1. The number of benzene rings is 1. The molecule has 0 saturated heterocycles. The predicted octanol–water partition coefficient (Wildman–Crippen LogP) is 1.76. The molecular formula is C14H18N2O3. The number of anilines is 1. The summed E-state index contributed by atoms with van der Waals surface area (Å²) in [4.78, 5) is 22.6. The molecule has 2 rings (SSSR count). The summed E-state index contributed by atoms with van der Waals surface area (Å²) >= 11 is 0. The summed E-state index contributed by atoms with van der Waals surface area (Å²) in [6, 6.07) is 4.56. The average Bonchev–Trinajstić information content (AvgIpc) is 3.15. The molecule has 19 heavy (non-hydrogen) atoms. The second kappa shape index (κ2) is 5.40. The van der Waals surface area contributed by atoms with Crippen molar-refractivity contribution in [3.63, 3.8) is 0 Å². The van der Waals surface area contributed by atoms with E-state index in [0.29, 0.717) is 18.0 Å². The van der Waals surface area contributed by atoms with Crippen LogP contribution in [0, 0.1) is 12.8 Å². The van der Waals surface area contributed by atoms with Crippen molar-refractivity contribution in [2.45, 2.75) is 32.2 Å². The molecule has 0 heterocycles. The molecule has 0 radical (unpaired) electrons. The maximum absolute atomic E-state index is 11.8. The van der Waals surface area contributed by atoms with E-state index in [-0.39, 0.29) is 17.5 Å². The van der Waals surface area contributed by atoms with Crippen LogP contribution >= 0.6 is 0 Å². The van der Waals surface area contributed by atoms with Gasteiger partial charge in [-0.05, 0) is 49.4 Å². The third-order valence-corrected chi connectivity index (χ3v) is 3.40. The van der Waals surface area contributed by atoms with E-state index in [9.17, 15) is 9.59 Å². The fraction of sp³-hybridized carbons (Fsp3) is 0.429. The van der Waals surface area contributed by atoms with E-state index in [1.54, 1.807) is 19.1 Å². The first-order valence-electron chi connectivity index (χ1n) is 6.36. The van der Waals surface area contributed by atoms with Crippen molar-refractivity contribution >= 4 is 17.6 Å². The smallest absolute Gasteiger partial charge is 0.335 e. The van der Waals surface area contributed by atoms with E-state index < -0.39 is 5.97 Å². The highest BCUT2D eigenvalue weighted by atomic mass is 16.4. The van der Waals surface area contributed by atoms with Gasteiger partial charge in [-0.3, -0.25) is 4.79 Å². The standard InChI is InChI=1S/C14H18N2O3/c1-8-6-10(14(18)19)4-5-12(8)16-13(17)7-11(15)9-2-3-9/h4-6,9,11H,2-3,7,15H2,1H3,(H,16,17)(H,18,19). The molecule has 0 bridgehead atoms. The number of carboxylic acids is 1. The average molecular weight is 262 g/mol. The minimum absolute atomic E-state index is 0.0707. The van der Waals surface area contributed by atoms with E-state index >= 15 is 0 Å². The molecule has 1 aliphatic carbocycles. The number of carbonyl (C=O) groups is 2. The highest BCUT2D eigenvalue weighted by Crippen LogP contribution is 2.32. The largest absolute Gasteiger partial charge is 0.478 e. The number of rotatable bonds is 5. The molecule has 1 aliphatic rings. The van der Waals surface area contributed by atoms with Crippen molar-refractivity contribution in [3.05, 3.63) is 29.3 Å². The van der Waals surface area contributed by atoms with Crippen LogP contribution in [-0.4, -0.2) is 23.0 Å². The third kappa shape index (κ3) is 3.54. The first kappa shape index (κ1) is 13.5. The van der Waals surface area contributed by atoms with E-state index in [1.807, 2.05) is 0 Å². The number of hydrogen-bond donors (Lipinski definition) is 3. The normalized spacial score (nSPS) is 15.9. The summed E-state index contributed by atoms with van der Waals surface area (Å²) in [6.07, 6.45) is 2.53. The zero-order valence-electron chi connectivity index (χ0n) is 10.8. The quantitative estimate of drug-likeness (QED) is 0.753. The maximum atomic E-state index is 11.8. The van der Waals surface area contributed by atoms with Crippen LogP contribution in [0.4, 0.5) is 5.69 Å². The Morgan fingerprint density at radius 3 is 2.68 bits per heavy atom. The van der Waals surface area contributed by atoms with Gasteiger partial charge in [0.05, 0.1) is 5.56 Å². The monoisotopic (exact) mass is 262 g/mol. The fourth-order valence-electron chi connectivity index (χ4n) is 2.04. The molecule has 1 atom stereocenters. The molecule has 0 aliphatic heterocycles. The lowest BCUT2D eigenvalue weighted by atomic mass is 10.1. The number of aryl methyl sites for hydroxylation is 1. The summed E-state index contributed by atoms with van der Waals surface area (Å²) in [5, 5.41) is 11.6. The van der Waals surface area contributed by atoms with Crippen LogP contribution in [0.25, 0.3) is 0 Å². The number of nitrogens with two attached hydrogens (primary N) is 1. The Hall–Kier alpha value is -1.88. The second-order valence-corrected chi connectivity index (χ2v) is 5.09. The molecule has 5 nitrogen and oxygen atoms in total. The minimum atomic E-state index is -0.975. The number of hydrogen-bond acceptors (Lipinski definition) is 3. The lowest BCUT2D eigenvalue weighted by Crippen LogP contribution is -2.29. The van der Waals surface area contributed by atoms with E-state index in [0.717, 1.165) is 18.4 Å². The van der Waals surface area contributed by atoms with Crippen molar-refractivity contribution in [1.82, 2.24) is 0 Å². The summed E-state index contributed by atoms with van der Waals surface area (Å²) in [5.41, 5.74) is 7.48. The van der Waals surface area contributed by atoms with Gasteiger partial charge in [-0.15, -0.1) is 0 Å². The van der Waals surface area contributed by atoms with Crippen LogP contribution < -0.4 is 11.1 Å². The Bertz CT molecular complexity index is 509. The number of nitrogens with one attached hydrogen (secondary N) is 1. The van der Waals surface area contributed by atoms with Crippen molar-refractivity contribution in [2.75, 3.05) is 5.32 Å². The van der Waals surface area contributed by atoms with Crippen LogP contribution in [0.5, 0.6) is 0 Å². The molecule has 1 aromatic carbocycles. The van der Waals surface area contributed by atoms with Gasteiger partial charge >= 0.3 is 5.97 Å².